The Balaban J connectivity index is 1.27. The summed E-state index contributed by atoms with van der Waals surface area (Å²) in [6, 6.07) is 11.6. The molecule has 0 spiro atoms. The number of likely N-dealkylation sites (tertiary alicyclic amines) is 1. The Morgan fingerprint density at radius 3 is 2.61 bits per heavy atom. The summed E-state index contributed by atoms with van der Waals surface area (Å²) in [7, 11) is 0. The van der Waals surface area contributed by atoms with Crippen LogP contribution >= 0.6 is 0 Å². The van der Waals surface area contributed by atoms with Gasteiger partial charge >= 0.3 is 0 Å². The summed E-state index contributed by atoms with van der Waals surface area (Å²) in [5.74, 6) is 2.17. The van der Waals surface area contributed by atoms with Gasteiger partial charge in [-0.15, -0.1) is 0 Å². The monoisotopic (exact) mass is 312 g/mol. The molecule has 3 heteroatoms. The fourth-order valence-electron chi connectivity index (χ4n) is 4.91. The summed E-state index contributed by atoms with van der Waals surface area (Å²) in [5.41, 5.74) is 1.38. The van der Waals surface area contributed by atoms with Crippen LogP contribution in [0.25, 0.3) is 0 Å². The molecule has 1 amide bonds. The maximum atomic E-state index is 12.4. The Bertz CT molecular complexity index is 548. The summed E-state index contributed by atoms with van der Waals surface area (Å²) < 4.78 is 0. The number of carbonyl (C=O) groups is 1. The third-order valence-electron chi connectivity index (χ3n) is 6.30. The van der Waals surface area contributed by atoms with Crippen LogP contribution in [0.2, 0.25) is 0 Å². The lowest BCUT2D eigenvalue weighted by Gasteiger charge is -2.38. The van der Waals surface area contributed by atoms with Crippen LogP contribution in [0, 0.1) is 17.8 Å². The fourth-order valence-corrected chi connectivity index (χ4v) is 4.91. The molecule has 0 radical (unpaired) electrons. The molecule has 3 aliphatic rings. The first-order valence-corrected chi connectivity index (χ1v) is 9.30. The molecule has 2 aliphatic carbocycles. The molecule has 23 heavy (non-hydrogen) atoms. The van der Waals surface area contributed by atoms with E-state index in [1.807, 2.05) is 0 Å². The van der Waals surface area contributed by atoms with Crippen molar-refractivity contribution in [2.24, 2.45) is 17.8 Å². The number of hydrogen-bond donors (Lipinski definition) is 1. The molecule has 0 aromatic heterocycles. The minimum atomic E-state index is 0.355. The lowest BCUT2D eigenvalue weighted by molar-refractivity contribution is -0.124. The Labute approximate surface area is 139 Å². The summed E-state index contributed by atoms with van der Waals surface area (Å²) in [6.07, 6.45) is 6.09. The van der Waals surface area contributed by atoms with Crippen molar-refractivity contribution in [2.75, 3.05) is 6.54 Å². The van der Waals surface area contributed by atoms with E-state index in [0.717, 1.165) is 37.8 Å². The molecule has 1 N–H and O–H groups in total. The van der Waals surface area contributed by atoms with Gasteiger partial charge in [-0.1, -0.05) is 36.8 Å². The zero-order valence-corrected chi connectivity index (χ0v) is 14.1. The number of nitrogens with one attached hydrogen (secondary N) is 1. The summed E-state index contributed by atoms with van der Waals surface area (Å²) >= 11 is 0. The molecule has 0 unspecified atom stereocenters. The highest BCUT2D eigenvalue weighted by Gasteiger charge is 2.56. The van der Waals surface area contributed by atoms with Gasteiger partial charge in [0.2, 0.25) is 5.91 Å². The minimum Gasteiger partial charge on any atom is -0.353 e. The summed E-state index contributed by atoms with van der Waals surface area (Å²) in [4.78, 5) is 15.0. The molecule has 1 saturated heterocycles. The third-order valence-corrected chi connectivity index (χ3v) is 6.30. The van der Waals surface area contributed by atoms with Gasteiger partial charge in [0.05, 0.1) is 0 Å². The zero-order chi connectivity index (χ0) is 15.8. The molecule has 1 aromatic rings. The van der Waals surface area contributed by atoms with Gasteiger partial charge in [0, 0.05) is 31.1 Å². The molecule has 4 atom stereocenters. The second-order valence-corrected chi connectivity index (χ2v) is 7.82. The van der Waals surface area contributed by atoms with Crippen LogP contribution in [-0.4, -0.2) is 29.4 Å². The van der Waals surface area contributed by atoms with Crippen molar-refractivity contribution < 1.29 is 4.79 Å². The molecule has 2 saturated carbocycles. The molecule has 1 aromatic carbocycles. The second kappa shape index (κ2) is 6.27. The summed E-state index contributed by atoms with van der Waals surface area (Å²) in [6.45, 7) is 4.40. The maximum absolute atomic E-state index is 12.4. The highest BCUT2D eigenvalue weighted by molar-refractivity contribution is 5.82. The van der Waals surface area contributed by atoms with Crippen molar-refractivity contribution in [2.45, 2.75) is 57.7 Å². The van der Waals surface area contributed by atoms with E-state index in [4.69, 9.17) is 0 Å². The Morgan fingerprint density at radius 1 is 1.17 bits per heavy atom. The number of hydrogen-bond acceptors (Lipinski definition) is 2. The van der Waals surface area contributed by atoms with E-state index in [0.29, 0.717) is 23.9 Å². The molecule has 1 aliphatic heterocycles. The van der Waals surface area contributed by atoms with Gasteiger partial charge in [0.1, 0.15) is 0 Å². The van der Waals surface area contributed by atoms with Crippen LogP contribution in [0.3, 0.4) is 0 Å². The van der Waals surface area contributed by atoms with Gasteiger partial charge < -0.3 is 5.32 Å². The van der Waals surface area contributed by atoms with Crippen molar-refractivity contribution in [3.8, 4) is 0 Å². The van der Waals surface area contributed by atoms with Gasteiger partial charge in [-0.25, -0.2) is 0 Å². The van der Waals surface area contributed by atoms with Crippen molar-refractivity contribution in [1.29, 1.82) is 0 Å². The summed E-state index contributed by atoms with van der Waals surface area (Å²) in [5, 5.41) is 3.36. The number of fused-ring (bicyclic) bond motifs is 1. The first-order chi connectivity index (χ1) is 11.2. The van der Waals surface area contributed by atoms with E-state index in [1.165, 1.54) is 24.8 Å². The quantitative estimate of drug-likeness (QED) is 0.926. The number of piperidine rings is 1. The predicted molar refractivity (Wildman–Crippen MR) is 91.8 cm³/mol. The van der Waals surface area contributed by atoms with E-state index >= 15 is 0 Å². The average Bonchev–Trinajstić information content (AvgIpc) is 3.04. The predicted octanol–water partition coefficient (Wildman–Crippen LogP) is 3.20. The Hall–Kier alpha value is -1.35. The van der Waals surface area contributed by atoms with Crippen molar-refractivity contribution >= 4 is 5.91 Å². The van der Waals surface area contributed by atoms with Crippen LogP contribution in [-0.2, 0) is 11.3 Å². The molecular weight excluding hydrogens is 284 g/mol. The highest BCUT2D eigenvalue weighted by atomic mass is 16.2. The molecule has 124 valence electrons. The number of rotatable bonds is 4. The molecular formula is C20H28N2O. The average molecular weight is 312 g/mol. The fraction of sp³-hybridized carbons (Fsp3) is 0.650. The number of carbonyl (C=O) groups excluding carboxylic acids is 1. The highest BCUT2D eigenvalue weighted by Crippen LogP contribution is 2.57. The van der Waals surface area contributed by atoms with E-state index in [-0.39, 0.29) is 0 Å². The normalized spacial score (nSPS) is 36.5. The van der Waals surface area contributed by atoms with Crippen LogP contribution < -0.4 is 5.32 Å². The maximum Gasteiger partial charge on any atom is 0.223 e. The van der Waals surface area contributed by atoms with Crippen molar-refractivity contribution in [3.05, 3.63) is 35.9 Å². The minimum absolute atomic E-state index is 0.355. The lowest BCUT2D eigenvalue weighted by Crippen LogP contribution is -2.49. The zero-order valence-electron chi connectivity index (χ0n) is 14.1. The largest absolute Gasteiger partial charge is 0.353 e. The first-order valence-electron chi connectivity index (χ1n) is 9.30. The van der Waals surface area contributed by atoms with Gasteiger partial charge in [-0.2, -0.15) is 0 Å². The molecule has 3 fully saturated rings. The molecule has 1 heterocycles. The van der Waals surface area contributed by atoms with Crippen LogP contribution in [0.4, 0.5) is 0 Å². The van der Waals surface area contributed by atoms with Crippen molar-refractivity contribution in [3.63, 3.8) is 0 Å². The van der Waals surface area contributed by atoms with E-state index in [9.17, 15) is 4.79 Å². The van der Waals surface area contributed by atoms with E-state index in [1.54, 1.807) is 0 Å². The topological polar surface area (TPSA) is 32.3 Å². The van der Waals surface area contributed by atoms with Crippen LogP contribution in [0.15, 0.2) is 30.3 Å². The SMILES string of the molecule is C[C@@H]1C[C@H](NC(=O)C2[C@@H]3CCC[C@@H]23)CCN1Cc1ccccc1. The Kier molecular flexibility index (Phi) is 4.14. The standard InChI is InChI=1S/C20H28N2O/c1-14-12-16(21-20(23)19-17-8-5-9-18(17)19)10-11-22(14)13-15-6-3-2-4-7-15/h2-4,6-7,14,16-19H,5,8-13H2,1H3,(H,21,23)/t14-,16-,17-,18-/m1/s1. The first kappa shape index (κ1) is 15.2. The van der Waals surface area contributed by atoms with Crippen LogP contribution in [0.1, 0.15) is 44.6 Å². The third kappa shape index (κ3) is 3.16. The van der Waals surface area contributed by atoms with Gasteiger partial charge in [-0.05, 0) is 50.0 Å². The van der Waals surface area contributed by atoms with Gasteiger partial charge in [-0.3, -0.25) is 9.69 Å². The molecule has 4 rings (SSSR count). The van der Waals surface area contributed by atoms with Gasteiger partial charge in [0.25, 0.3) is 0 Å². The molecule has 3 nitrogen and oxygen atoms in total. The second-order valence-electron chi connectivity index (χ2n) is 7.82. The van der Waals surface area contributed by atoms with Crippen LogP contribution in [0.5, 0.6) is 0 Å². The Morgan fingerprint density at radius 2 is 1.91 bits per heavy atom. The molecule has 0 bridgehead atoms. The number of nitrogens with zero attached hydrogens (tertiary/aromatic N) is 1. The number of benzene rings is 1. The lowest BCUT2D eigenvalue weighted by atomic mass is 9.97. The number of amides is 1. The van der Waals surface area contributed by atoms with E-state index in [2.05, 4.69) is 47.5 Å². The smallest absolute Gasteiger partial charge is 0.223 e. The van der Waals surface area contributed by atoms with E-state index < -0.39 is 0 Å². The van der Waals surface area contributed by atoms with Gasteiger partial charge in [0.15, 0.2) is 0 Å². The van der Waals surface area contributed by atoms with Crippen molar-refractivity contribution in [1.82, 2.24) is 10.2 Å².